The molecule has 3 rings (SSSR count). The molecule has 5 nitrogen and oxygen atoms in total. The number of anilines is 1. The lowest BCUT2D eigenvalue weighted by Crippen LogP contribution is -2.11. The van der Waals surface area contributed by atoms with Crippen LogP contribution in [0, 0.1) is 0 Å². The number of nitrogens with zero attached hydrogens (tertiary/aromatic N) is 1. The molecule has 0 saturated carbocycles. The minimum atomic E-state index is -0.162. The van der Waals surface area contributed by atoms with Gasteiger partial charge in [-0.2, -0.15) is 5.10 Å². The molecule has 3 heterocycles. The molecular weight excluding hydrogens is 224 g/mol. The Bertz CT molecular complexity index is 594. The van der Waals surface area contributed by atoms with E-state index in [1.807, 2.05) is 17.5 Å². The summed E-state index contributed by atoms with van der Waals surface area (Å²) in [5.74, 6) is -0.162. The average Bonchev–Trinajstić information content (AvgIpc) is 2.91. The summed E-state index contributed by atoms with van der Waals surface area (Å²) in [7, 11) is 0. The summed E-state index contributed by atoms with van der Waals surface area (Å²) < 4.78 is 1.08. The molecule has 0 radical (unpaired) electrons. The Morgan fingerprint density at radius 1 is 1.50 bits per heavy atom. The van der Waals surface area contributed by atoms with Gasteiger partial charge in [0.15, 0.2) is 0 Å². The van der Waals surface area contributed by atoms with Crippen molar-refractivity contribution in [3.05, 3.63) is 35.6 Å². The van der Waals surface area contributed by atoms with Gasteiger partial charge in [0.25, 0.3) is 5.91 Å². The van der Waals surface area contributed by atoms with E-state index in [0.717, 1.165) is 10.2 Å². The van der Waals surface area contributed by atoms with E-state index in [0.29, 0.717) is 11.4 Å². The first-order valence-electron chi connectivity index (χ1n) is 4.69. The number of rotatable bonds is 2. The molecule has 0 saturated heterocycles. The standard InChI is InChI=1S/C10H8N4OS/c15-10(13-6-4-11-12-5-6)8-3-9-7(14-8)1-2-16-9/h1-5,14H,(H,11,12)(H,13,15). The number of aromatic amines is 2. The van der Waals surface area contributed by atoms with Gasteiger partial charge in [0.2, 0.25) is 0 Å². The van der Waals surface area contributed by atoms with Crippen molar-refractivity contribution in [2.24, 2.45) is 0 Å². The fraction of sp³-hybridized carbons (Fsp3) is 0. The first kappa shape index (κ1) is 9.17. The minimum Gasteiger partial charge on any atom is -0.350 e. The second-order valence-corrected chi connectivity index (χ2v) is 4.27. The molecule has 0 unspecified atom stereocenters. The Morgan fingerprint density at radius 3 is 3.19 bits per heavy atom. The van der Waals surface area contributed by atoms with Gasteiger partial charge in [-0.3, -0.25) is 9.89 Å². The zero-order valence-electron chi connectivity index (χ0n) is 8.15. The molecule has 0 fully saturated rings. The first-order valence-corrected chi connectivity index (χ1v) is 5.57. The van der Waals surface area contributed by atoms with Crippen LogP contribution in [0.3, 0.4) is 0 Å². The molecular formula is C10H8N4OS. The summed E-state index contributed by atoms with van der Waals surface area (Å²) >= 11 is 1.60. The van der Waals surface area contributed by atoms with Crippen LogP contribution in [0.25, 0.3) is 10.2 Å². The first-order chi connectivity index (χ1) is 7.83. The van der Waals surface area contributed by atoms with Gasteiger partial charge in [-0.15, -0.1) is 11.3 Å². The van der Waals surface area contributed by atoms with Crippen LogP contribution in [0.15, 0.2) is 29.9 Å². The van der Waals surface area contributed by atoms with Gasteiger partial charge in [-0.05, 0) is 17.5 Å². The second-order valence-electron chi connectivity index (χ2n) is 3.32. The van der Waals surface area contributed by atoms with Gasteiger partial charge >= 0.3 is 0 Å². The number of nitrogens with one attached hydrogen (secondary N) is 3. The van der Waals surface area contributed by atoms with Crippen LogP contribution >= 0.6 is 11.3 Å². The fourth-order valence-electron chi connectivity index (χ4n) is 1.49. The Kier molecular flexibility index (Phi) is 2.00. The molecule has 0 aliphatic carbocycles. The van der Waals surface area contributed by atoms with Crippen molar-refractivity contribution in [2.75, 3.05) is 5.32 Å². The average molecular weight is 232 g/mol. The fourth-order valence-corrected chi connectivity index (χ4v) is 2.27. The maximum Gasteiger partial charge on any atom is 0.272 e. The summed E-state index contributed by atoms with van der Waals surface area (Å²) in [6, 6.07) is 3.80. The molecule has 0 aromatic carbocycles. The molecule has 16 heavy (non-hydrogen) atoms. The number of hydrogen-bond acceptors (Lipinski definition) is 3. The van der Waals surface area contributed by atoms with E-state index in [4.69, 9.17) is 0 Å². The maximum atomic E-state index is 11.8. The third-order valence-electron chi connectivity index (χ3n) is 2.24. The number of thiophene rings is 1. The molecule has 80 valence electrons. The monoisotopic (exact) mass is 232 g/mol. The predicted octanol–water partition coefficient (Wildman–Crippen LogP) is 2.20. The number of fused-ring (bicyclic) bond motifs is 1. The van der Waals surface area contributed by atoms with Crippen LogP contribution in [0.1, 0.15) is 10.5 Å². The number of carbonyl (C=O) groups excluding carboxylic acids is 1. The van der Waals surface area contributed by atoms with Gasteiger partial charge in [0.1, 0.15) is 5.69 Å². The molecule has 0 aliphatic heterocycles. The summed E-state index contributed by atoms with van der Waals surface area (Å²) in [4.78, 5) is 14.9. The Labute approximate surface area is 94.5 Å². The molecule has 6 heteroatoms. The van der Waals surface area contributed by atoms with Crippen LogP contribution in [-0.2, 0) is 0 Å². The van der Waals surface area contributed by atoms with Crippen molar-refractivity contribution in [3.63, 3.8) is 0 Å². The summed E-state index contributed by atoms with van der Waals surface area (Å²) in [5.41, 5.74) is 2.20. The van der Waals surface area contributed by atoms with Crippen molar-refractivity contribution in [1.82, 2.24) is 15.2 Å². The van der Waals surface area contributed by atoms with Crippen LogP contribution in [-0.4, -0.2) is 21.1 Å². The van der Waals surface area contributed by atoms with Crippen molar-refractivity contribution < 1.29 is 4.79 Å². The van der Waals surface area contributed by atoms with E-state index in [2.05, 4.69) is 20.5 Å². The van der Waals surface area contributed by atoms with Gasteiger partial charge in [-0.1, -0.05) is 0 Å². The third-order valence-corrected chi connectivity index (χ3v) is 3.10. The van der Waals surface area contributed by atoms with Crippen LogP contribution in [0.4, 0.5) is 5.69 Å². The van der Waals surface area contributed by atoms with Crippen LogP contribution in [0.5, 0.6) is 0 Å². The number of H-pyrrole nitrogens is 2. The lowest BCUT2D eigenvalue weighted by molar-refractivity contribution is 0.102. The van der Waals surface area contributed by atoms with Gasteiger partial charge in [-0.25, -0.2) is 0 Å². The SMILES string of the molecule is O=C(Nc1cn[nH]c1)c1cc2sccc2[nH]1. The minimum absolute atomic E-state index is 0.162. The largest absolute Gasteiger partial charge is 0.350 e. The van der Waals surface area contributed by atoms with Crippen molar-refractivity contribution >= 4 is 33.1 Å². The molecule has 0 bridgehead atoms. The summed E-state index contributed by atoms with van der Waals surface area (Å²) in [5, 5.41) is 11.1. The molecule has 3 aromatic rings. The predicted molar refractivity (Wildman–Crippen MR) is 62.7 cm³/mol. The van der Waals surface area contributed by atoms with Crippen molar-refractivity contribution in [1.29, 1.82) is 0 Å². The molecule has 0 atom stereocenters. The highest BCUT2D eigenvalue weighted by Crippen LogP contribution is 2.21. The van der Waals surface area contributed by atoms with Gasteiger partial charge < -0.3 is 10.3 Å². The van der Waals surface area contributed by atoms with E-state index in [1.165, 1.54) is 0 Å². The highest BCUT2D eigenvalue weighted by molar-refractivity contribution is 7.17. The van der Waals surface area contributed by atoms with Gasteiger partial charge in [0.05, 0.1) is 22.1 Å². The lowest BCUT2D eigenvalue weighted by atomic mass is 10.4. The number of hydrogen-bond donors (Lipinski definition) is 3. The summed E-state index contributed by atoms with van der Waals surface area (Å²) in [6.45, 7) is 0. The quantitative estimate of drug-likeness (QED) is 0.633. The highest BCUT2D eigenvalue weighted by atomic mass is 32.1. The van der Waals surface area contributed by atoms with E-state index < -0.39 is 0 Å². The Morgan fingerprint density at radius 2 is 2.44 bits per heavy atom. The van der Waals surface area contributed by atoms with Crippen molar-refractivity contribution in [3.8, 4) is 0 Å². The zero-order chi connectivity index (χ0) is 11.0. The van der Waals surface area contributed by atoms with Gasteiger partial charge in [0, 0.05) is 6.20 Å². The normalized spacial score (nSPS) is 10.8. The third kappa shape index (κ3) is 1.49. The van der Waals surface area contributed by atoms with E-state index >= 15 is 0 Å². The lowest BCUT2D eigenvalue weighted by Gasteiger charge is -1.98. The number of carbonyl (C=O) groups is 1. The molecule has 1 amide bonds. The van der Waals surface area contributed by atoms with E-state index in [-0.39, 0.29) is 5.91 Å². The summed E-state index contributed by atoms with van der Waals surface area (Å²) in [6.07, 6.45) is 3.19. The number of amides is 1. The van der Waals surface area contributed by atoms with E-state index in [1.54, 1.807) is 23.7 Å². The second kappa shape index (κ2) is 3.49. The Hall–Kier alpha value is -2.08. The van der Waals surface area contributed by atoms with Crippen LogP contribution < -0.4 is 5.32 Å². The highest BCUT2D eigenvalue weighted by Gasteiger charge is 2.10. The Balaban J connectivity index is 1.87. The molecule has 3 N–H and O–H groups in total. The molecule has 0 spiro atoms. The van der Waals surface area contributed by atoms with Crippen LogP contribution in [0.2, 0.25) is 0 Å². The molecule has 3 aromatic heterocycles. The zero-order valence-corrected chi connectivity index (χ0v) is 8.97. The van der Waals surface area contributed by atoms with Crippen molar-refractivity contribution in [2.45, 2.75) is 0 Å². The number of aromatic nitrogens is 3. The molecule has 0 aliphatic rings. The topological polar surface area (TPSA) is 73.6 Å². The maximum absolute atomic E-state index is 11.8. The smallest absolute Gasteiger partial charge is 0.272 e. The van der Waals surface area contributed by atoms with E-state index in [9.17, 15) is 4.79 Å².